The molecule has 0 spiro atoms. The number of aryl methyl sites for hydroxylation is 1. The first-order valence-corrected chi connectivity index (χ1v) is 6.23. The number of benzene rings is 1. The Morgan fingerprint density at radius 3 is 2.67 bits per heavy atom. The van der Waals surface area contributed by atoms with E-state index in [1.54, 1.807) is 12.3 Å². The predicted molar refractivity (Wildman–Crippen MR) is 72.2 cm³/mol. The van der Waals surface area contributed by atoms with Crippen LogP contribution in [0.25, 0.3) is 0 Å². The van der Waals surface area contributed by atoms with Crippen LogP contribution in [0.5, 0.6) is 5.88 Å². The second-order valence-corrected chi connectivity index (χ2v) is 4.75. The Bertz CT molecular complexity index is 588. The van der Waals surface area contributed by atoms with Crippen LogP contribution in [0.15, 0.2) is 41.0 Å². The number of pyridine rings is 1. The number of halogens is 1. The van der Waals surface area contributed by atoms with E-state index in [1.807, 2.05) is 31.2 Å². The highest BCUT2D eigenvalue weighted by atomic mass is 79.9. The molecule has 4 heteroatoms. The van der Waals surface area contributed by atoms with Crippen LogP contribution in [-0.4, -0.2) is 4.98 Å². The molecule has 0 saturated carbocycles. The average molecular weight is 303 g/mol. The van der Waals surface area contributed by atoms with E-state index >= 15 is 0 Å². The minimum absolute atomic E-state index is 0.389. The Balaban J connectivity index is 2.14. The molecule has 0 aliphatic heterocycles. The van der Waals surface area contributed by atoms with Gasteiger partial charge in [0.1, 0.15) is 18.2 Å². The molecule has 0 amide bonds. The van der Waals surface area contributed by atoms with Crippen LogP contribution in [-0.2, 0) is 6.61 Å². The first-order chi connectivity index (χ1) is 8.70. The van der Waals surface area contributed by atoms with Gasteiger partial charge in [-0.05, 0) is 36.2 Å². The molecule has 90 valence electrons. The highest BCUT2D eigenvalue weighted by molar-refractivity contribution is 9.10. The molecular weight excluding hydrogens is 292 g/mol. The molecule has 3 nitrogen and oxygen atoms in total. The number of rotatable bonds is 3. The van der Waals surface area contributed by atoms with E-state index < -0.39 is 0 Å². The van der Waals surface area contributed by atoms with Crippen molar-refractivity contribution in [3.8, 4) is 11.9 Å². The van der Waals surface area contributed by atoms with Crippen molar-refractivity contribution in [2.75, 3.05) is 0 Å². The van der Waals surface area contributed by atoms with Crippen molar-refractivity contribution in [2.45, 2.75) is 13.5 Å². The van der Waals surface area contributed by atoms with Crippen LogP contribution in [0.4, 0.5) is 0 Å². The normalized spacial score (nSPS) is 9.83. The third-order valence-electron chi connectivity index (χ3n) is 2.53. The number of hydrogen-bond donors (Lipinski definition) is 0. The molecule has 0 aliphatic carbocycles. The molecule has 0 unspecified atom stereocenters. The largest absolute Gasteiger partial charge is 0.472 e. The van der Waals surface area contributed by atoms with Crippen LogP contribution in [0.1, 0.15) is 16.7 Å². The maximum Gasteiger partial charge on any atom is 0.232 e. The zero-order valence-electron chi connectivity index (χ0n) is 9.85. The summed E-state index contributed by atoms with van der Waals surface area (Å²) in [7, 11) is 0. The van der Waals surface area contributed by atoms with Gasteiger partial charge in [0.2, 0.25) is 5.88 Å². The molecule has 1 aromatic heterocycles. The minimum Gasteiger partial charge on any atom is -0.472 e. The zero-order valence-corrected chi connectivity index (χ0v) is 11.4. The summed E-state index contributed by atoms with van der Waals surface area (Å²) in [5.41, 5.74) is 2.40. The van der Waals surface area contributed by atoms with Gasteiger partial charge >= 0.3 is 0 Å². The van der Waals surface area contributed by atoms with Crippen LogP contribution >= 0.6 is 15.9 Å². The van der Waals surface area contributed by atoms with E-state index in [1.165, 1.54) is 0 Å². The summed E-state index contributed by atoms with van der Waals surface area (Å²) < 4.78 is 6.61. The summed E-state index contributed by atoms with van der Waals surface area (Å²) in [6, 6.07) is 11.7. The molecule has 2 aromatic rings. The summed E-state index contributed by atoms with van der Waals surface area (Å²) in [5.74, 6) is 0.389. The highest BCUT2D eigenvalue weighted by Gasteiger charge is 2.07. The number of nitriles is 1. The van der Waals surface area contributed by atoms with Gasteiger partial charge in [0.05, 0.1) is 0 Å². The lowest BCUT2D eigenvalue weighted by Gasteiger charge is -2.08. The van der Waals surface area contributed by atoms with Gasteiger partial charge in [0.15, 0.2) is 0 Å². The standard InChI is InChI=1S/C14H11BrN2O/c1-10-6-7-17-14(13(10)8-16)18-9-11-2-4-12(15)5-3-11/h2-7H,9H2,1H3. The summed E-state index contributed by atoms with van der Waals surface area (Å²) in [5, 5.41) is 9.06. The minimum atomic E-state index is 0.389. The van der Waals surface area contributed by atoms with Crippen LogP contribution in [0.2, 0.25) is 0 Å². The lowest BCUT2D eigenvalue weighted by atomic mass is 10.2. The second-order valence-electron chi connectivity index (χ2n) is 3.83. The van der Waals surface area contributed by atoms with Crippen molar-refractivity contribution in [3.05, 3.63) is 57.7 Å². The van der Waals surface area contributed by atoms with Crippen LogP contribution in [0.3, 0.4) is 0 Å². The first kappa shape index (κ1) is 12.6. The number of nitrogens with zero attached hydrogens (tertiary/aromatic N) is 2. The fourth-order valence-corrected chi connectivity index (χ4v) is 1.78. The second kappa shape index (κ2) is 5.65. The third-order valence-corrected chi connectivity index (χ3v) is 3.05. The van der Waals surface area contributed by atoms with E-state index in [0.717, 1.165) is 15.6 Å². The monoisotopic (exact) mass is 302 g/mol. The molecule has 1 aromatic carbocycles. The van der Waals surface area contributed by atoms with E-state index in [-0.39, 0.29) is 0 Å². The molecule has 2 rings (SSSR count). The molecule has 0 aliphatic rings. The predicted octanol–water partition coefficient (Wildman–Crippen LogP) is 3.60. The Kier molecular flexibility index (Phi) is 3.96. The maximum absolute atomic E-state index is 9.06. The lowest BCUT2D eigenvalue weighted by molar-refractivity contribution is 0.292. The van der Waals surface area contributed by atoms with E-state index in [0.29, 0.717) is 18.1 Å². The van der Waals surface area contributed by atoms with E-state index in [2.05, 4.69) is 27.0 Å². The average Bonchev–Trinajstić information content (AvgIpc) is 2.38. The van der Waals surface area contributed by atoms with E-state index in [4.69, 9.17) is 10.00 Å². The van der Waals surface area contributed by atoms with Gasteiger partial charge in [-0.1, -0.05) is 28.1 Å². The van der Waals surface area contributed by atoms with Gasteiger partial charge < -0.3 is 4.74 Å². The molecule has 0 radical (unpaired) electrons. The zero-order chi connectivity index (χ0) is 13.0. The quantitative estimate of drug-likeness (QED) is 0.870. The molecular formula is C14H11BrN2O. The molecule has 0 saturated heterocycles. The summed E-state index contributed by atoms with van der Waals surface area (Å²) in [4.78, 5) is 4.09. The first-order valence-electron chi connectivity index (χ1n) is 5.43. The molecule has 0 atom stereocenters. The van der Waals surface area contributed by atoms with Gasteiger partial charge in [-0.2, -0.15) is 5.26 Å². The molecule has 18 heavy (non-hydrogen) atoms. The third kappa shape index (κ3) is 2.88. The van der Waals surface area contributed by atoms with Crippen LogP contribution in [0, 0.1) is 18.3 Å². The van der Waals surface area contributed by atoms with Crippen molar-refractivity contribution in [3.63, 3.8) is 0 Å². The Hall–Kier alpha value is -1.86. The number of aromatic nitrogens is 1. The fourth-order valence-electron chi connectivity index (χ4n) is 1.51. The molecule has 1 heterocycles. The Morgan fingerprint density at radius 2 is 2.00 bits per heavy atom. The van der Waals surface area contributed by atoms with Crippen molar-refractivity contribution in [2.24, 2.45) is 0 Å². The van der Waals surface area contributed by atoms with Crippen molar-refractivity contribution >= 4 is 15.9 Å². The molecule has 0 bridgehead atoms. The lowest BCUT2D eigenvalue weighted by Crippen LogP contribution is -2.00. The summed E-state index contributed by atoms with van der Waals surface area (Å²) >= 11 is 3.38. The molecule has 0 N–H and O–H groups in total. The van der Waals surface area contributed by atoms with Gasteiger partial charge in [-0.3, -0.25) is 0 Å². The van der Waals surface area contributed by atoms with Crippen molar-refractivity contribution < 1.29 is 4.74 Å². The van der Waals surface area contributed by atoms with Crippen molar-refractivity contribution in [1.29, 1.82) is 5.26 Å². The maximum atomic E-state index is 9.06. The number of ether oxygens (including phenoxy) is 1. The highest BCUT2D eigenvalue weighted by Crippen LogP contribution is 2.19. The van der Waals surface area contributed by atoms with Crippen LogP contribution < -0.4 is 4.74 Å². The van der Waals surface area contributed by atoms with Gasteiger partial charge in [0, 0.05) is 10.7 Å². The smallest absolute Gasteiger partial charge is 0.232 e. The Morgan fingerprint density at radius 1 is 1.28 bits per heavy atom. The van der Waals surface area contributed by atoms with Gasteiger partial charge in [-0.15, -0.1) is 0 Å². The Labute approximate surface area is 114 Å². The van der Waals surface area contributed by atoms with Crippen molar-refractivity contribution in [1.82, 2.24) is 4.98 Å². The SMILES string of the molecule is Cc1ccnc(OCc2ccc(Br)cc2)c1C#N. The number of hydrogen-bond acceptors (Lipinski definition) is 3. The topological polar surface area (TPSA) is 45.9 Å². The van der Waals surface area contributed by atoms with E-state index in [9.17, 15) is 0 Å². The molecule has 0 fully saturated rings. The van der Waals surface area contributed by atoms with Gasteiger partial charge in [0.25, 0.3) is 0 Å². The van der Waals surface area contributed by atoms with Gasteiger partial charge in [-0.25, -0.2) is 4.98 Å². The fraction of sp³-hybridized carbons (Fsp3) is 0.143. The summed E-state index contributed by atoms with van der Waals surface area (Å²) in [6.07, 6.45) is 1.65. The summed E-state index contributed by atoms with van der Waals surface area (Å²) in [6.45, 7) is 2.27.